The third-order valence-corrected chi connectivity index (χ3v) is 2.29. The van der Waals surface area contributed by atoms with E-state index >= 15 is 0 Å². The first-order valence-electron chi connectivity index (χ1n) is 5.87. The van der Waals surface area contributed by atoms with E-state index in [9.17, 15) is 4.39 Å². The Morgan fingerprint density at radius 2 is 2.17 bits per heavy atom. The molecule has 4 nitrogen and oxygen atoms in total. The van der Waals surface area contributed by atoms with Crippen molar-refractivity contribution in [1.29, 1.82) is 0 Å². The van der Waals surface area contributed by atoms with Gasteiger partial charge in [0, 0.05) is 18.4 Å². The van der Waals surface area contributed by atoms with Crippen LogP contribution in [0.3, 0.4) is 0 Å². The van der Waals surface area contributed by atoms with Gasteiger partial charge in [0.25, 0.3) is 0 Å². The van der Waals surface area contributed by atoms with Crippen LogP contribution in [0.25, 0.3) is 0 Å². The van der Waals surface area contributed by atoms with E-state index in [-0.39, 0.29) is 5.82 Å². The normalized spacial score (nSPS) is 10.1. The van der Waals surface area contributed by atoms with E-state index in [0.717, 1.165) is 18.8 Å². The molecule has 0 aliphatic rings. The van der Waals surface area contributed by atoms with E-state index in [1.165, 1.54) is 12.1 Å². The molecule has 0 amide bonds. The summed E-state index contributed by atoms with van der Waals surface area (Å²) in [4.78, 5) is 8.37. The summed E-state index contributed by atoms with van der Waals surface area (Å²) in [6.07, 6.45) is 2.68. The van der Waals surface area contributed by atoms with Gasteiger partial charge in [-0.2, -0.15) is 4.98 Å². The van der Waals surface area contributed by atoms with Crippen LogP contribution in [0, 0.1) is 5.82 Å². The number of hydrogen-bond acceptors (Lipinski definition) is 4. The van der Waals surface area contributed by atoms with Gasteiger partial charge < -0.3 is 10.6 Å². The summed E-state index contributed by atoms with van der Waals surface area (Å²) in [5, 5.41) is 6.13. The van der Waals surface area contributed by atoms with Gasteiger partial charge in [-0.05, 0) is 30.7 Å². The molecule has 2 aromatic rings. The van der Waals surface area contributed by atoms with Gasteiger partial charge in [0.05, 0.1) is 0 Å². The van der Waals surface area contributed by atoms with Crippen molar-refractivity contribution in [3.63, 3.8) is 0 Å². The Morgan fingerprint density at radius 1 is 1.28 bits per heavy atom. The van der Waals surface area contributed by atoms with Crippen molar-refractivity contribution in [2.75, 3.05) is 17.2 Å². The van der Waals surface area contributed by atoms with E-state index in [2.05, 4.69) is 27.5 Å². The van der Waals surface area contributed by atoms with Crippen molar-refractivity contribution in [2.45, 2.75) is 13.3 Å². The summed E-state index contributed by atoms with van der Waals surface area (Å²) in [7, 11) is 0. The lowest BCUT2D eigenvalue weighted by molar-refractivity contribution is 0.628. The molecular weight excluding hydrogens is 231 g/mol. The molecule has 1 heterocycles. The molecule has 18 heavy (non-hydrogen) atoms. The first-order valence-corrected chi connectivity index (χ1v) is 5.87. The molecule has 1 aromatic carbocycles. The maximum atomic E-state index is 13.0. The molecular formula is C13H15FN4. The SMILES string of the molecule is CCCNc1ccnc(Nc2cccc(F)c2)n1. The lowest BCUT2D eigenvalue weighted by atomic mass is 10.3. The van der Waals surface area contributed by atoms with E-state index in [1.54, 1.807) is 24.4 Å². The number of rotatable bonds is 5. The van der Waals surface area contributed by atoms with Crippen LogP contribution in [0.4, 0.5) is 21.8 Å². The zero-order valence-corrected chi connectivity index (χ0v) is 10.2. The zero-order chi connectivity index (χ0) is 12.8. The minimum atomic E-state index is -0.291. The summed E-state index contributed by atoms with van der Waals surface area (Å²) >= 11 is 0. The fourth-order valence-corrected chi connectivity index (χ4v) is 1.47. The number of anilines is 3. The molecule has 0 saturated carbocycles. The molecule has 0 radical (unpaired) electrons. The van der Waals surface area contributed by atoms with Crippen LogP contribution in [0.2, 0.25) is 0 Å². The van der Waals surface area contributed by atoms with Crippen LogP contribution in [-0.2, 0) is 0 Å². The highest BCUT2D eigenvalue weighted by Gasteiger charge is 2.00. The fourth-order valence-electron chi connectivity index (χ4n) is 1.47. The second-order valence-electron chi connectivity index (χ2n) is 3.83. The average molecular weight is 246 g/mol. The van der Waals surface area contributed by atoms with Crippen molar-refractivity contribution in [3.05, 3.63) is 42.3 Å². The van der Waals surface area contributed by atoms with Crippen LogP contribution in [0.15, 0.2) is 36.5 Å². The Hall–Kier alpha value is -2.17. The van der Waals surface area contributed by atoms with Crippen molar-refractivity contribution in [1.82, 2.24) is 9.97 Å². The van der Waals surface area contributed by atoms with Crippen LogP contribution in [0.1, 0.15) is 13.3 Å². The van der Waals surface area contributed by atoms with E-state index in [0.29, 0.717) is 11.6 Å². The first kappa shape index (κ1) is 12.3. The monoisotopic (exact) mass is 246 g/mol. The smallest absolute Gasteiger partial charge is 0.229 e. The Balaban J connectivity index is 2.09. The number of hydrogen-bond donors (Lipinski definition) is 2. The van der Waals surface area contributed by atoms with Crippen molar-refractivity contribution < 1.29 is 4.39 Å². The summed E-state index contributed by atoms with van der Waals surface area (Å²) in [5.41, 5.74) is 0.627. The molecule has 5 heteroatoms. The van der Waals surface area contributed by atoms with Gasteiger partial charge in [0.15, 0.2) is 0 Å². The molecule has 1 aromatic heterocycles. The molecule has 0 bridgehead atoms. The standard InChI is InChI=1S/C13H15FN4/c1-2-7-15-12-6-8-16-13(18-12)17-11-5-3-4-10(14)9-11/h3-6,8-9H,2,7H2,1H3,(H2,15,16,17,18). The predicted octanol–water partition coefficient (Wildman–Crippen LogP) is 3.18. The number of nitrogens with zero attached hydrogens (tertiary/aromatic N) is 2. The van der Waals surface area contributed by atoms with Crippen LogP contribution in [0.5, 0.6) is 0 Å². The van der Waals surface area contributed by atoms with Crippen molar-refractivity contribution in [3.8, 4) is 0 Å². The van der Waals surface area contributed by atoms with Crippen molar-refractivity contribution >= 4 is 17.5 Å². The van der Waals surface area contributed by atoms with Gasteiger partial charge in [0.1, 0.15) is 11.6 Å². The highest BCUT2D eigenvalue weighted by Crippen LogP contribution is 2.14. The van der Waals surface area contributed by atoms with Gasteiger partial charge >= 0.3 is 0 Å². The Morgan fingerprint density at radius 3 is 2.94 bits per heavy atom. The third-order valence-electron chi connectivity index (χ3n) is 2.29. The quantitative estimate of drug-likeness (QED) is 0.850. The number of nitrogens with one attached hydrogen (secondary N) is 2. The third kappa shape index (κ3) is 3.41. The van der Waals surface area contributed by atoms with E-state index < -0.39 is 0 Å². The van der Waals surface area contributed by atoms with Gasteiger partial charge in [-0.15, -0.1) is 0 Å². The molecule has 0 aliphatic carbocycles. The molecule has 0 unspecified atom stereocenters. The second-order valence-corrected chi connectivity index (χ2v) is 3.83. The van der Waals surface area contributed by atoms with Gasteiger partial charge in [-0.25, -0.2) is 9.37 Å². The van der Waals surface area contributed by atoms with Gasteiger partial charge in [-0.1, -0.05) is 13.0 Å². The maximum absolute atomic E-state index is 13.0. The molecule has 0 aliphatic heterocycles. The van der Waals surface area contributed by atoms with Crippen LogP contribution >= 0.6 is 0 Å². The number of benzene rings is 1. The largest absolute Gasteiger partial charge is 0.370 e. The predicted molar refractivity (Wildman–Crippen MR) is 70.5 cm³/mol. The average Bonchev–Trinajstić information content (AvgIpc) is 2.37. The van der Waals surface area contributed by atoms with Crippen LogP contribution in [-0.4, -0.2) is 16.5 Å². The first-order chi connectivity index (χ1) is 8.78. The number of halogens is 1. The lowest BCUT2D eigenvalue weighted by Gasteiger charge is -2.07. The molecule has 2 rings (SSSR count). The van der Waals surface area contributed by atoms with E-state index in [1.807, 2.05) is 0 Å². The van der Waals surface area contributed by atoms with Crippen LogP contribution < -0.4 is 10.6 Å². The topological polar surface area (TPSA) is 49.8 Å². The Bertz CT molecular complexity index is 516. The van der Waals surface area contributed by atoms with E-state index in [4.69, 9.17) is 0 Å². The highest BCUT2D eigenvalue weighted by molar-refractivity contribution is 5.54. The van der Waals surface area contributed by atoms with Gasteiger partial charge in [0.2, 0.25) is 5.95 Å². The second kappa shape index (κ2) is 5.95. The molecule has 94 valence electrons. The number of aromatic nitrogens is 2. The molecule has 0 spiro atoms. The molecule has 2 N–H and O–H groups in total. The zero-order valence-electron chi connectivity index (χ0n) is 10.2. The fraction of sp³-hybridized carbons (Fsp3) is 0.231. The summed E-state index contributed by atoms with van der Waals surface area (Å²) in [5.74, 6) is 0.910. The summed E-state index contributed by atoms with van der Waals surface area (Å²) in [6.45, 7) is 2.94. The molecule has 0 saturated heterocycles. The Kier molecular flexibility index (Phi) is 4.06. The highest BCUT2D eigenvalue weighted by atomic mass is 19.1. The summed E-state index contributed by atoms with van der Waals surface area (Å²) < 4.78 is 13.0. The minimum absolute atomic E-state index is 0.291. The lowest BCUT2D eigenvalue weighted by Crippen LogP contribution is -2.04. The maximum Gasteiger partial charge on any atom is 0.229 e. The molecule has 0 fully saturated rings. The summed E-state index contributed by atoms with van der Waals surface area (Å²) in [6, 6.07) is 7.99. The Labute approximate surface area is 105 Å². The van der Waals surface area contributed by atoms with Gasteiger partial charge in [-0.3, -0.25) is 0 Å². The van der Waals surface area contributed by atoms with Crippen molar-refractivity contribution in [2.24, 2.45) is 0 Å². The molecule has 0 atom stereocenters. The minimum Gasteiger partial charge on any atom is -0.370 e.